The lowest BCUT2D eigenvalue weighted by atomic mass is 9.73. The van der Waals surface area contributed by atoms with Crippen LogP contribution in [0.2, 0.25) is 0 Å². The molecule has 0 bridgehead atoms. The summed E-state index contributed by atoms with van der Waals surface area (Å²) in [6.07, 6.45) is 6.89. The Kier molecular flexibility index (Phi) is 6.04. The predicted molar refractivity (Wildman–Crippen MR) is 105 cm³/mol. The molecule has 1 aliphatic heterocycles. The van der Waals surface area contributed by atoms with Crippen LogP contribution in [0.25, 0.3) is 0 Å². The SMILES string of the molecule is CCNC(=NCC1(c2cccs2)CCCCC1)NC1CCS(=O)(=O)C1. The van der Waals surface area contributed by atoms with Crippen LogP contribution in [0.5, 0.6) is 0 Å². The highest BCUT2D eigenvalue weighted by atomic mass is 32.2. The van der Waals surface area contributed by atoms with Crippen molar-refractivity contribution in [2.75, 3.05) is 24.6 Å². The normalized spacial score (nSPS) is 25.6. The lowest BCUT2D eigenvalue weighted by Gasteiger charge is -2.35. The summed E-state index contributed by atoms with van der Waals surface area (Å²) < 4.78 is 23.4. The maximum Gasteiger partial charge on any atom is 0.191 e. The largest absolute Gasteiger partial charge is 0.357 e. The molecule has 2 heterocycles. The molecular weight excluding hydrogens is 354 g/mol. The van der Waals surface area contributed by atoms with Crippen LogP contribution in [0.1, 0.15) is 50.3 Å². The van der Waals surface area contributed by atoms with Gasteiger partial charge in [0.05, 0.1) is 18.1 Å². The number of sulfone groups is 1. The smallest absolute Gasteiger partial charge is 0.191 e. The maximum atomic E-state index is 11.7. The quantitative estimate of drug-likeness (QED) is 0.606. The Balaban J connectivity index is 1.72. The molecule has 0 aromatic carbocycles. The van der Waals surface area contributed by atoms with Crippen molar-refractivity contribution in [2.24, 2.45) is 4.99 Å². The van der Waals surface area contributed by atoms with Gasteiger partial charge in [0.2, 0.25) is 0 Å². The van der Waals surface area contributed by atoms with Crippen LogP contribution in [0.15, 0.2) is 22.5 Å². The van der Waals surface area contributed by atoms with Crippen molar-refractivity contribution in [1.82, 2.24) is 10.6 Å². The summed E-state index contributed by atoms with van der Waals surface area (Å²) in [5.41, 5.74) is 0.149. The van der Waals surface area contributed by atoms with Crippen LogP contribution in [0, 0.1) is 0 Å². The molecule has 2 fully saturated rings. The minimum Gasteiger partial charge on any atom is -0.357 e. The Bertz CT molecular complexity index is 677. The first-order chi connectivity index (χ1) is 12.0. The molecule has 1 aliphatic carbocycles. The van der Waals surface area contributed by atoms with E-state index in [0.717, 1.165) is 19.0 Å². The monoisotopic (exact) mass is 383 g/mol. The van der Waals surface area contributed by atoms with Gasteiger partial charge in [0.1, 0.15) is 0 Å². The number of hydrogen-bond acceptors (Lipinski definition) is 4. The second kappa shape index (κ2) is 8.08. The Morgan fingerprint density at radius 1 is 1.36 bits per heavy atom. The van der Waals surface area contributed by atoms with E-state index in [2.05, 4.69) is 28.1 Å². The zero-order valence-electron chi connectivity index (χ0n) is 15.0. The minimum atomic E-state index is -2.88. The molecule has 1 aromatic rings. The molecule has 5 nitrogen and oxygen atoms in total. The van der Waals surface area contributed by atoms with Crippen LogP contribution in [-0.4, -0.2) is 45.0 Å². The molecule has 1 atom stereocenters. The molecule has 0 spiro atoms. The van der Waals surface area contributed by atoms with Gasteiger partial charge in [0.15, 0.2) is 15.8 Å². The molecule has 1 saturated carbocycles. The number of thiophene rings is 1. The molecule has 7 heteroatoms. The molecular formula is C18H29N3O2S2. The van der Waals surface area contributed by atoms with Gasteiger partial charge in [-0.1, -0.05) is 25.3 Å². The number of nitrogens with zero attached hydrogens (tertiary/aromatic N) is 1. The summed E-state index contributed by atoms with van der Waals surface area (Å²) in [5, 5.41) is 8.78. The lowest BCUT2D eigenvalue weighted by Crippen LogP contribution is -2.45. The average Bonchev–Trinajstić information content (AvgIpc) is 3.24. The standard InChI is InChI=1S/C18H29N3O2S2/c1-2-19-17(21-15-8-12-25(22,23)13-15)20-14-18(9-4-3-5-10-18)16-7-6-11-24-16/h6-7,11,15H,2-5,8-10,12-14H2,1H3,(H2,19,20,21). The molecule has 3 rings (SSSR count). The van der Waals surface area contributed by atoms with Crippen molar-refractivity contribution in [1.29, 1.82) is 0 Å². The second-order valence-electron chi connectivity index (χ2n) is 7.26. The topological polar surface area (TPSA) is 70.6 Å². The first kappa shape index (κ1) is 18.7. The first-order valence-corrected chi connectivity index (χ1v) is 12.0. The van der Waals surface area contributed by atoms with Crippen LogP contribution >= 0.6 is 11.3 Å². The number of hydrogen-bond donors (Lipinski definition) is 2. The number of guanidine groups is 1. The third-order valence-electron chi connectivity index (χ3n) is 5.31. The van der Waals surface area contributed by atoms with Gasteiger partial charge >= 0.3 is 0 Å². The van der Waals surface area contributed by atoms with Crippen molar-refractivity contribution in [2.45, 2.75) is 56.9 Å². The minimum absolute atomic E-state index is 0.0214. The van der Waals surface area contributed by atoms with Crippen molar-refractivity contribution < 1.29 is 8.42 Å². The van der Waals surface area contributed by atoms with Crippen molar-refractivity contribution in [3.8, 4) is 0 Å². The van der Waals surface area contributed by atoms with Gasteiger partial charge < -0.3 is 10.6 Å². The summed E-state index contributed by atoms with van der Waals surface area (Å²) in [4.78, 5) is 6.32. The molecule has 0 amide bonds. The summed E-state index contributed by atoms with van der Waals surface area (Å²) in [6.45, 7) is 3.58. The van der Waals surface area contributed by atoms with Crippen LogP contribution in [0.3, 0.4) is 0 Å². The van der Waals surface area contributed by atoms with E-state index in [1.807, 2.05) is 18.3 Å². The van der Waals surface area contributed by atoms with Gasteiger partial charge in [-0.15, -0.1) is 11.3 Å². The van der Waals surface area contributed by atoms with E-state index in [4.69, 9.17) is 4.99 Å². The molecule has 25 heavy (non-hydrogen) atoms. The van der Waals surface area contributed by atoms with E-state index < -0.39 is 9.84 Å². The summed E-state index contributed by atoms with van der Waals surface area (Å²) in [5.74, 6) is 1.25. The zero-order valence-corrected chi connectivity index (χ0v) is 16.6. The Morgan fingerprint density at radius 2 is 2.16 bits per heavy atom. The van der Waals surface area contributed by atoms with Gasteiger partial charge in [-0.25, -0.2) is 8.42 Å². The molecule has 2 N–H and O–H groups in total. The summed E-state index contributed by atoms with van der Waals surface area (Å²) in [6, 6.07) is 4.36. The van der Waals surface area contributed by atoms with E-state index in [9.17, 15) is 8.42 Å². The van der Waals surface area contributed by atoms with Crippen LogP contribution in [-0.2, 0) is 15.3 Å². The highest BCUT2D eigenvalue weighted by Gasteiger charge is 2.35. The molecule has 1 unspecified atom stereocenters. The number of nitrogens with one attached hydrogen (secondary N) is 2. The third-order valence-corrected chi connectivity index (χ3v) is 8.20. The van der Waals surface area contributed by atoms with E-state index >= 15 is 0 Å². The fourth-order valence-electron chi connectivity index (χ4n) is 3.94. The van der Waals surface area contributed by atoms with Gasteiger partial charge in [-0.05, 0) is 37.6 Å². The van der Waals surface area contributed by atoms with E-state index in [1.165, 1.54) is 37.0 Å². The Morgan fingerprint density at radius 3 is 2.76 bits per heavy atom. The van der Waals surface area contributed by atoms with Gasteiger partial charge in [0, 0.05) is 22.9 Å². The van der Waals surface area contributed by atoms with E-state index in [0.29, 0.717) is 6.42 Å². The fraction of sp³-hybridized carbons (Fsp3) is 0.722. The summed E-state index contributed by atoms with van der Waals surface area (Å²) in [7, 11) is -2.88. The Labute approximate surface area is 155 Å². The van der Waals surface area contributed by atoms with Crippen molar-refractivity contribution in [3.63, 3.8) is 0 Å². The average molecular weight is 384 g/mol. The molecule has 0 radical (unpaired) electrons. The van der Waals surface area contributed by atoms with E-state index in [-0.39, 0.29) is 23.0 Å². The van der Waals surface area contributed by atoms with Crippen LogP contribution < -0.4 is 10.6 Å². The van der Waals surface area contributed by atoms with E-state index in [1.54, 1.807) is 0 Å². The van der Waals surface area contributed by atoms with Gasteiger partial charge in [-0.3, -0.25) is 4.99 Å². The maximum absolute atomic E-state index is 11.7. The predicted octanol–water partition coefficient (Wildman–Crippen LogP) is 2.69. The number of aliphatic imine (C=N–C) groups is 1. The Hall–Kier alpha value is -1.08. The highest BCUT2D eigenvalue weighted by molar-refractivity contribution is 7.91. The van der Waals surface area contributed by atoms with Crippen molar-refractivity contribution in [3.05, 3.63) is 22.4 Å². The lowest BCUT2D eigenvalue weighted by molar-refractivity contribution is 0.306. The van der Waals surface area contributed by atoms with Gasteiger partial charge in [-0.2, -0.15) is 0 Å². The zero-order chi connectivity index (χ0) is 17.8. The second-order valence-corrected chi connectivity index (χ2v) is 10.4. The third kappa shape index (κ3) is 4.76. The number of rotatable bonds is 5. The molecule has 1 saturated heterocycles. The van der Waals surface area contributed by atoms with Crippen LogP contribution in [0.4, 0.5) is 0 Å². The fourth-order valence-corrected chi connectivity index (χ4v) is 6.60. The van der Waals surface area contributed by atoms with Gasteiger partial charge in [0.25, 0.3) is 0 Å². The highest BCUT2D eigenvalue weighted by Crippen LogP contribution is 2.41. The molecule has 140 valence electrons. The first-order valence-electron chi connectivity index (χ1n) is 9.32. The molecule has 1 aromatic heterocycles. The van der Waals surface area contributed by atoms with Crippen molar-refractivity contribution >= 4 is 27.1 Å². The summed E-state index contributed by atoms with van der Waals surface area (Å²) >= 11 is 1.84. The molecule has 2 aliphatic rings.